The van der Waals surface area contributed by atoms with Crippen LogP contribution in [0.25, 0.3) is 0 Å². The number of rotatable bonds is 4. The molecule has 0 radical (unpaired) electrons. The zero-order valence-corrected chi connectivity index (χ0v) is 21.2. The molecule has 2 amide bonds. The van der Waals surface area contributed by atoms with Gasteiger partial charge in [-0.3, -0.25) is 20.1 Å². The molecule has 2 heterocycles. The van der Waals surface area contributed by atoms with Crippen LogP contribution in [0, 0.1) is 18.3 Å². The van der Waals surface area contributed by atoms with Crippen LogP contribution in [0.3, 0.4) is 0 Å². The first-order chi connectivity index (χ1) is 17.2. The lowest BCUT2D eigenvalue weighted by atomic mass is 9.89. The number of benzene rings is 1. The lowest BCUT2D eigenvalue weighted by Gasteiger charge is -2.34. The smallest absolute Gasteiger partial charge is 0.416 e. The number of aromatic nitrogens is 1. The van der Waals surface area contributed by atoms with E-state index in [9.17, 15) is 22.8 Å². The molecule has 1 unspecified atom stereocenters. The van der Waals surface area contributed by atoms with Crippen LogP contribution in [0.4, 0.5) is 23.7 Å². The minimum absolute atomic E-state index is 0.0105. The fourth-order valence-corrected chi connectivity index (χ4v) is 3.18. The Morgan fingerprint density at radius 3 is 2.54 bits per heavy atom. The average molecular weight is 517 g/mol. The third-order valence-corrected chi connectivity index (χ3v) is 5.33. The van der Waals surface area contributed by atoms with Gasteiger partial charge in [-0.15, -0.1) is 0 Å². The zero-order valence-electron chi connectivity index (χ0n) is 21.2. The van der Waals surface area contributed by atoms with E-state index in [4.69, 9.17) is 10.00 Å². The first-order valence-corrected chi connectivity index (χ1v) is 11.0. The Morgan fingerprint density at radius 2 is 2.00 bits per heavy atom. The molecule has 2 N–H and O–H groups in total. The van der Waals surface area contributed by atoms with Gasteiger partial charge in [0.2, 0.25) is 0 Å². The third-order valence-electron chi connectivity index (χ3n) is 5.33. The number of amides is 2. The maximum absolute atomic E-state index is 13.4. The van der Waals surface area contributed by atoms with Gasteiger partial charge in [0.1, 0.15) is 18.0 Å². The number of alkyl halides is 3. The number of carbonyl (C=O) groups excluding carboxylic acids is 2. The molecule has 1 atom stereocenters. The topological polar surface area (TPSA) is 129 Å². The van der Waals surface area contributed by atoms with Crippen LogP contribution in [0.2, 0.25) is 0 Å². The van der Waals surface area contributed by atoms with Gasteiger partial charge in [0.25, 0.3) is 5.91 Å². The predicted octanol–water partition coefficient (Wildman–Crippen LogP) is 5.00. The second-order valence-corrected chi connectivity index (χ2v) is 8.61. The summed E-state index contributed by atoms with van der Waals surface area (Å²) in [5.74, 6) is -0.782. The number of anilines is 1. The Labute approximate surface area is 212 Å². The van der Waals surface area contributed by atoms with Crippen LogP contribution in [0.15, 0.2) is 40.4 Å². The fourth-order valence-electron chi connectivity index (χ4n) is 3.18. The van der Waals surface area contributed by atoms with Crippen molar-refractivity contribution >= 4 is 29.7 Å². The van der Waals surface area contributed by atoms with Crippen molar-refractivity contribution in [3.8, 4) is 6.07 Å². The quantitative estimate of drug-likeness (QED) is 0.436. The summed E-state index contributed by atoms with van der Waals surface area (Å²) in [5.41, 5.74) is -0.554. The molecule has 2 aromatic rings. The predicted molar refractivity (Wildman–Crippen MR) is 133 cm³/mol. The van der Waals surface area contributed by atoms with Crippen LogP contribution in [0.1, 0.15) is 60.4 Å². The monoisotopic (exact) mass is 516 g/mol. The molecule has 1 aliphatic rings. The van der Waals surface area contributed by atoms with Crippen LogP contribution in [0.5, 0.6) is 0 Å². The molecule has 0 saturated carbocycles. The number of nitriles is 1. The molecule has 1 aromatic heterocycles. The summed E-state index contributed by atoms with van der Waals surface area (Å²) in [5, 5.41) is 13.3. The Hall–Kier alpha value is -4.27. The highest BCUT2D eigenvalue weighted by molar-refractivity contribution is 6.06. The van der Waals surface area contributed by atoms with Crippen molar-refractivity contribution in [2.45, 2.75) is 52.4 Å². The van der Waals surface area contributed by atoms with Crippen LogP contribution in [-0.2, 0) is 16.5 Å². The number of nitrogens with zero attached hydrogens (tertiary/aromatic N) is 4. The first-order valence-electron chi connectivity index (χ1n) is 11.0. The minimum Gasteiger partial charge on any atom is -0.438 e. The van der Waals surface area contributed by atoms with Gasteiger partial charge < -0.3 is 10.1 Å². The van der Waals surface area contributed by atoms with Crippen molar-refractivity contribution in [1.29, 1.82) is 5.26 Å². The number of hydrogen-bond donors (Lipinski definition) is 2. The van der Waals surface area contributed by atoms with E-state index in [1.54, 1.807) is 26.1 Å². The van der Waals surface area contributed by atoms with E-state index in [2.05, 4.69) is 25.6 Å². The van der Waals surface area contributed by atoms with Gasteiger partial charge in [0.15, 0.2) is 0 Å². The van der Waals surface area contributed by atoms with E-state index in [1.165, 1.54) is 27.2 Å². The molecule has 0 aliphatic carbocycles. The highest BCUT2D eigenvalue weighted by atomic mass is 19.4. The zero-order chi connectivity index (χ0) is 28.0. The highest BCUT2D eigenvalue weighted by Gasteiger charge is 2.40. The molecule has 9 nitrogen and oxygen atoms in total. The molecule has 37 heavy (non-hydrogen) atoms. The fraction of sp³-hybridized carbons (Fsp3) is 0.360. The van der Waals surface area contributed by atoms with Gasteiger partial charge in [-0.2, -0.15) is 18.4 Å². The summed E-state index contributed by atoms with van der Waals surface area (Å²) >= 11 is 0. The molecule has 0 spiro atoms. The third kappa shape index (κ3) is 7.60. The van der Waals surface area contributed by atoms with Gasteiger partial charge in [-0.05, 0) is 58.9 Å². The Morgan fingerprint density at radius 1 is 1.32 bits per heavy atom. The molecule has 196 valence electrons. The Balaban J connectivity index is 0.000000449. The summed E-state index contributed by atoms with van der Waals surface area (Å²) in [6, 6.07) is 6.58. The average Bonchev–Trinajstić information content (AvgIpc) is 2.81. The maximum atomic E-state index is 13.4. The number of hydrogen-bond acceptors (Lipinski definition) is 6. The van der Waals surface area contributed by atoms with Crippen molar-refractivity contribution in [1.82, 2.24) is 10.3 Å². The van der Waals surface area contributed by atoms with Crippen LogP contribution >= 0.6 is 0 Å². The number of cyclic esters (lactones) is 1. The van der Waals surface area contributed by atoms with Crippen molar-refractivity contribution in [3.63, 3.8) is 0 Å². The molecular weight excluding hydrogens is 489 g/mol. The number of ether oxygens (including phenoxy) is 1. The van der Waals surface area contributed by atoms with Crippen molar-refractivity contribution in [3.05, 3.63) is 58.4 Å². The standard InChI is InChI=1S/C18H21F3N4O3.C7H6N2/c1-9(23-8-22-5)10(2)24-15(26)12-6-11(18(19,20)21)7-13-14(12)25-16(27)28-17(13,3)4;1-6-2-3-7(4-8)5-9-6/h6-8,10H,1-5H3,(H,24,26)(H,25,27);2-3,5H,1H3. The summed E-state index contributed by atoms with van der Waals surface area (Å²) in [6.45, 7) is 8.08. The molecule has 12 heteroatoms. The number of pyridine rings is 1. The minimum atomic E-state index is -4.68. The Bertz CT molecular complexity index is 1260. The lowest BCUT2D eigenvalue weighted by Crippen LogP contribution is -2.40. The SMILES string of the molecule is CN=CN=C(C)C(C)NC(=O)c1cc(C(F)(F)F)cc2c1NC(=O)OC2(C)C.Cc1ccc(C#N)cn1. The molecule has 3 rings (SSSR count). The lowest BCUT2D eigenvalue weighted by molar-refractivity contribution is -0.137. The highest BCUT2D eigenvalue weighted by Crippen LogP contribution is 2.42. The van der Waals surface area contributed by atoms with Crippen LogP contribution in [-0.4, -0.2) is 42.1 Å². The number of carbonyl (C=O) groups is 2. The summed E-state index contributed by atoms with van der Waals surface area (Å²) in [7, 11) is 1.53. The van der Waals surface area contributed by atoms with Gasteiger partial charge in [0.05, 0.1) is 28.4 Å². The van der Waals surface area contributed by atoms with E-state index in [-0.39, 0.29) is 16.8 Å². The number of aliphatic imine (C=N–C) groups is 2. The normalized spacial score (nSPS) is 15.4. The number of fused-ring (bicyclic) bond motifs is 1. The second kappa shape index (κ2) is 11.6. The summed E-state index contributed by atoms with van der Waals surface area (Å²) < 4.78 is 45.2. The second-order valence-electron chi connectivity index (χ2n) is 8.61. The summed E-state index contributed by atoms with van der Waals surface area (Å²) in [6.07, 6.45) is -2.67. The first kappa shape index (κ1) is 29.0. The largest absolute Gasteiger partial charge is 0.438 e. The summed E-state index contributed by atoms with van der Waals surface area (Å²) in [4.78, 5) is 36.2. The van der Waals surface area contributed by atoms with Crippen LogP contribution < -0.4 is 10.6 Å². The van der Waals surface area contributed by atoms with Crippen molar-refractivity contribution in [2.24, 2.45) is 9.98 Å². The van der Waals surface area contributed by atoms with Gasteiger partial charge >= 0.3 is 12.3 Å². The van der Waals surface area contributed by atoms with Crippen molar-refractivity contribution < 1.29 is 27.5 Å². The van der Waals surface area contributed by atoms with Gasteiger partial charge in [-0.1, -0.05) is 0 Å². The molecule has 1 aromatic carbocycles. The molecule has 0 bridgehead atoms. The van der Waals surface area contributed by atoms with E-state index in [1.807, 2.05) is 19.1 Å². The van der Waals surface area contributed by atoms with Gasteiger partial charge in [0, 0.05) is 30.2 Å². The van der Waals surface area contributed by atoms with Crippen molar-refractivity contribution in [2.75, 3.05) is 12.4 Å². The number of nitrogens with one attached hydrogen (secondary N) is 2. The molecule has 0 fully saturated rings. The van der Waals surface area contributed by atoms with Gasteiger partial charge in [-0.25, -0.2) is 9.79 Å². The molecule has 0 saturated heterocycles. The maximum Gasteiger partial charge on any atom is 0.416 e. The number of aryl methyl sites for hydroxylation is 1. The molecule has 1 aliphatic heterocycles. The van der Waals surface area contributed by atoms with E-state index in [0.29, 0.717) is 17.3 Å². The Kier molecular flexibility index (Phi) is 9.11. The molecular formula is C25H27F3N6O3. The van der Waals surface area contributed by atoms with E-state index >= 15 is 0 Å². The number of halogens is 3. The van der Waals surface area contributed by atoms with E-state index < -0.39 is 35.4 Å². The van der Waals surface area contributed by atoms with E-state index in [0.717, 1.165) is 11.8 Å².